The SMILES string of the molecule is CCc1cc(OCCN2C[C@H](C)O[C@@H](C)C2)ccc1Cl. The van der Waals surface area contributed by atoms with E-state index in [2.05, 4.69) is 25.7 Å². The van der Waals surface area contributed by atoms with Crippen molar-refractivity contribution < 1.29 is 9.47 Å². The molecule has 0 spiro atoms. The van der Waals surface area contributed by atoms with Crippen LogP contribution in [0, 0.1) is 0 Å². The maximum absolute atomic E-state index is 6.11. The fourth-order valence-electron chi connectivity index (χ4n) is 2.67. The molecule has 112 valence electrons. The smallest absolute Gasteiger partial charge is 0.119 e. The predicted octanol–water partition coefficient (Wildman–Crippen LogP) is 3.39. The zero-order valence-electron chi connectivity index (χ0n) is 12.6. The molecule has 1 aliphatic rings. The van der Waals surface area contributed by atoms with Crippen LogP contribution in [0.5, 0.6) is 5.75 Å². The number of hydrogen-bond acceptors (Lipinski definition) is 3. The zero-order valence-corrected chi connectivity index (χ0v) is 13.3. The number of halogens is 1. The van der Waals surface area contributed by atoms with E-state index in [1.807, 2.05) is 18.2 Å². The average Bonchev–Trinajstić information content (AvgIpc) is 2.39. The second-order valence-electron chi connectivity index (χ2n) is 5.47. The lowest BCUT2D eigenvalue weighted by atomic mass is 10.1. The molecule has 0 N–H and O–H groups in total. The molecule has 0 aliphatic carbocycles. The van der Waals surface area contributed by atoms with Crippen LogP contribution in [0.3, 0.4) is 0 Å². The molecule has 4 heteroatoms. The van der Waals surface area contributed by atoms with Crippen molar-refractivity contribution in [1.29, 1.82) is 0 Å². The molecular formula is C16H24ClNO2. The van der Waals surface area contributed by atoms with Gasteiger partial charge in [0.15, 0.2) is 0 Å². The number of hydrogen-bond donors (Lipinski definition) is 0. The molecule has 2 rings (SSSR count). The fourth-order valence-corrected chi connectivity index (χ4v) is 2.92. The normalized spacial score (nSPS) is 23.8. The Morgan fingerprint density at radius 3 is 2.65 bits per heavy atom. The van der Waals surface area contributed by atoms with Crippen LogP contribution in [0.25, 0.3) is 0 Å². The molecule has 1 saturated heterocycles. The third-order valence-corrected chi connectivity index (χ3v) is 3.94. The van der Waals surface area contributed by atoms with E-state index in [1.54, 1.807) is 0 Å². The van der Waals surface area contributed by atoms with Crippen LogP contribution in [0.15, 0.2) is 18.2 Å². The Hall–Kier alpha value is -0.770. The van der Waals surface area contributed by atoms with Gasteiger partial charge in [-0.05, 0) is 44.0 Å². The quantitative estimate of drug-likeness (QED) is 0.831. The van der Waals surface area contributed by atoms with Crippen molar-refractivity contribution in [2.24, 2.45) is 0 Å². The summed E-state index contributed by atoms with van der Waals surface area (Å²) in [5.41, 5.74) is 1.14. The molecule has 0 radical (unpaired) electrons. The van der Waals surface area contributed by atoms with Crippen molar-refractivity contribution in [3.05, 3.63) is 28.8 Å². The summed E-state index contributed by atoms with van der Waals surface area (Å²) in [6.45, 7) is 9.93. The number of benzene rings is 1. The maximum atomic E-state index is 6.11. The zero-order chi connectivity index (χ0) is 14.5. The predicted molar refractivity (Wildman–Crippen MR) is 82.8 cm³/mol. The van der Waals surface area contributed by atoms with Gasteiger partial charge in [0, 0.05) is 24.7 Å². The summed E-state index contributed by atoms with van der Waals surface area (Å²) in [7, 11) is 0. The van der Waals surface area contributed by atoms with Crippen LogP contribution in [0.1, 0.15) is 26.3 Å². The lowest BCUT2D eigenvalue weighted by Crippen LogP contribution is -2.46. The van der Waals surface area contributed by atoms with Gasteiger partial charge in [-0.3, -0.25) is 4.90 Å². The minimum Gasteiger partial charge on any atom is -0.492 e. The highest BCUT2D eigenvalue weighted by Gasteiger charge is 2.21. The van der Waals surface area contributed by atoms with E-state index >= 15 is 0 Å². The van der Waals surface area contributed by atoms with Crippen LogP contribution >= 0.6 is 11.6 Å². The lowest BCUT2D eigenvalue weighted by Gasteiger charge is -2.35. The van der Waals surface area contributed by atoms with Gasteiger partial charge >= 0.3 is 0 Å². The molecule has 1 aromatic rings. The van der Waals surface area contributed by atoms with E-state index in [-0.39, 0.29) is 0 Å². The number of rotatable bonds is 5. The second kappa shape index (κ2) is 7.30. The summed E-state index contributed by atoms with van der Waals surface area (Å²) >= 11 is 6.11. The van der Waals surface area contributed by atoms with Gasteiger partial charge in [-0.1, -0.05) is 18.5 Å². The van der Waals surface area contributed by atoms with Gasteiger partial charge in [-0.25, -0.2) is 0 Å². The Bertz CT molecular complexity index is 428. The molecule has 2 atom stereocenters. The third-order valence-electron chi connectivity index (χ3n) is 3.57. The fraction of sp³-hybridized carbons (Fsp3) is 0.625. The van der Waals surface area contributed by atoms with Gasteiger partial charge in [0.1, 0.15) is 12.4 Å². The van der Waals surface area contributed by atoms with Crippen LogP contribution in [0.2, 0.25) is 5.02 Å². The van der Waals surface area contributed by atoms with Gasteiger partial charge in [0.25, 0.3) is 0 Å². The molecule has 3 nitrogen and oxygen atoms in total. The summed E-state index contributed by atoms with van der Waals surface area (Å²) in [6, 6.07) is 5.88. The highest BCUT2D eigenvalue weighted by Crippen LogP contribution is 2.22. The van der Waals surface area contributed by atoms with Crippen molar-refractivity contribution in [2.75, 3.05) is 26.2 Å². The number of morpholine rings is 1. The molecule has 0 bridgehead atoms. The molecule has 0 aromatic heterocycles. The molecule has 1 aromatic carbocycles. The van der Waals surface area contributed by atoms with E-state index in [1.165, 1.54) is 0 Å². The van der Waals surface area contributed by atoms with Crippen molar-refractivity contribution >= 4 is 11.6 Å². The van der Waals surface area contributed by atoms with Crippen LogP contribution in [-0.2, 0) is 11.2 Å². The molecule has 0 unspecified atom stereocenters. The number of ether oxygens (including phenoxy) is 2. The molecule has 0 amide bonds. The van der Waals surface area contributed by atoms with Crippen molar-refractivity contribution in [2.45, 2.75) is 39.4 Å². The van der Waals surface area contributed by atoms with E-state index in [0.29, 0.717) is 18.8 Å². The summed E-state index contributed by atoms with van der Waals surface area (Å²) in [5, 5.41) is 0.815. The Morgan fingerprint density at radius 2 is 2.00 bits per heavy atom. The third kappa shape index (κ3) is 4.37. The Balaban J connectivity index is 1.81. The monoisotopic (exact) mass is 297 g/mol. The minimum absolute atomic E-state index is 0.306. The van der Waals surface area contributed by atoms with Crippen LogP contribution < -0.4 is 4.74 Å². The van der Waals surface area contributed by atoms with E-state index < -0.39 is 0 Å². The summed E-state index contributed by atoms with van der Waals surface area (Å²) in [4.78, 5) is 2.40. The van der Waals surface area contributed by atoms with E-state index in [4.69, 9.17) is 21.1 Å². The first-order valence-corrected chi connectivity index (χ1v) is 7.75. The first-order chi connectivity index (χ1) is 9.58. The van der Waals surface area contributed by atoms with Crippen molar-refractivity contribution in [3.63, 3.8) is 0 Å². The van der Waals surface area contributed by atoms with Crippen LogP contribution in [-0.4, -0.2) is 43.3 Å². The first kappa shape index (κ1) is 15.6. The largest absolute Gasteiger partial charge is 0.492 e. The average molecular weight is 298 g/mol. The highest BCUT2D eigenvalue weighted by molar-refractivity contribution is 6.31. The minimum atomic E-state index is 0.306. The van der Waals surface area contributed by atoms with Gasteiger partial charge in [0.2, 0.25) is 0 Å². The summed E-state index contributed by atoms with van der Waals surface area (Å²) in [5.74, 6) is 0.903. The van der Waals surface area contributed by atoms with E-state index in [9.17, 15) is 0 Å². The molecule has 1 aliphatic heterocycles. The van der Waals surface area contributed by atoms with Crippen LogP contribution in [0.4, 0.5) is 0 Å². The molecule has 1 fully saturated rings. The van der Waals surface area contributed by atoms with Gasteiger partial charge in [-0.15, -0.1) is 0 Å². The van der Waals surface area contributed by atoms with E-state index in [0.717, 1.165) is 42.4 Å². The first-order valence-electron chi connectivity index (χ1n) is 7.37. The molecular weight excluding hydrogens is 274 g/mol. The molecule has 1 heterocycles. The summed E-state index contributed by atoms with van der Waals surface area (Å²) in [6.07, 6.45) is 1.54. The van der Waals surface area contributed by atoms with Gasteiger partial charge in [-0.2, -0.15) is 0 Å². The second-order valence-corrected chi connectivity index (χ2v) is 5.88. The number of aryl methyl sites for hydroxylation is 1. The maximum Gasteiger partial charge on any atom is 0.119 e. The Kier molecular flexibility index (Phi) is 5.70. The lowest BCUT2D eigenvalue weighted by molar-refractivity contribution is -0.0699. The van der Waals surface area contributed by atoms with Gasteiger partial charge in [0.05, 0.1) is 12.2 Å². The van der Waals surface area contributed by atoms with Crippen molar-refractivity contribution in [1.82, 2.24) is 4.90 Å². The molecule has 0 saturated carbocycles. The van der Waals surface area contributed by atoms with Gasteiger partial charge < -0.3 is 9.47 Å². The highest BCUT2D eigenvalue weighted by atomic mass is 35.5. The van der Waals surface area contributed by atoms with Crippen molar-refractivity contribution in [3.8, 4) is 5.75 Å². The molecule has 20 heavy (non-hydrogen) atoms. The topological polar surface area (TPSA) is 21.7 Å². The standard InChI is InChI=1S/C16H24ClNO2/c1-4-14-9-15(5-6-16(14)17)19-8-7-18-10-12(2)20-13(3)11-18/h5-6,9,12-13H,4,7-8,10-11H2,1-3H3/t12-,13-/m0/s1. The Labute approximate surface area is 126 Å². The summed E-state index contributed by atoms with van der Waals surface area (Å²) < 4.78 is 11.6. The Morgan fingerprint density at radius 1 is 1.30 bits per heavy atom. The number of nitrogens with zero attached hydrogens (tertiary/aromatic N) is 1.